The average Bonchev–Trinajstić information content (AvgIpc) is 1.61. The lowest BCUT2D eigenvalue weighted by atomic mass is 9.81. The number of amides is 5. The van der Waals surface area contributed by atoms with Crippen molar-refractivity contribution in [3.63, 3.8) is 0 Å². The fourth-order valence-corrected chi connectivity index (χ4v) is 13.2. The number of aromatic nitrogens is 3. The number of aliphatic hydroxyl groups is 5. The number of thioether (sulfide) groups is 1. The van der Waals surface area contributed by atoms with Crippen LogP contribution in [0.15, 0.2) is 47.0 Å². The molecule has 0 radical (unpaired) electrons. The van der Waals surface area contributed by atoms with Gasteiger partial charge in [0.15, 0.2) is 42.4 Å². The predicted octanol–water partition coefficient (Wildman–Crippen LogP) is 5.07. The summed E-state index contributed by atoms with van der Waals surface area (Å²) in [5.74, 6) is -2.19. The Balaban J connectivity index is 0.000000387. The number of hydrogen-bond donors (Lipinski definition) is 9. The van der Waals surface area contributed by atoms with Crippen molar-refractivity contribution in [2.45, 2.75) is 218 Å². The number of carbonyl (C=O) groups is 10. The maximum Gasteiger partial charge on any atom is 0.334 e. The minimum absolute atomic E-state index is 0.00276. The first-order valence-electron chi connectivity index (χ1n) is 41.1. The highest BCUT2D eigenvalue weighted by Gasteiger charge is 2.41. The van der Waals surface area contributed by atoms with Crippen LogP contribution in [-0.2, 0) is 105 Å². The van der Waals surface area contributed by atoms with Crippen molar-refractivity contribution in [2.75, 3.05) is 138 Å². The third kappa shape index (κ3) is 38.6. The summed E-state index contributed by atoms with van der Waals surface area (Å²) < 4.78 is 74.1. The van der Waals surface area contributed by atoms with E-state index in [9.17, 15) is 58.2 Å². The number of esters is 4. The molecule has 5 amide bonds. The van der Waals surface area contributed by atoms with Gasteiger partial charge in [-0.3, -0.25) is 48.1 Å². The number of anilines is 1. The molecule has 7 rings (SSSR count). The molecule has 9 unspecified atom stereocenters. The molecule has 4 aromatic rings. The summed E-state index contributed by atoms with van der Waals surface area (Å²) in [6, 6.07) is 9.69. The van der Waals surface area contributed by atoms with Crippen molar-refractivity contribution in [2.24, 2.45) is 17.8 Å². The maximum absolute atomic E-state index is 13.3. The number of morpholine rings is 1. The van der Waals surface area contributed by atoms with Gasteiger partial charge in [-0.1, -0.05) is 53.7 Å². The second kappa shape index (κ2) is 59.5. The van der Waals surface area contributed by atoms with Crippen molar-refractivity contribution in [1.82, 2.24) is 35.8 Å². The van der Waals surface area contributed by atoms with Crippen LogP contribution in [0.4, 0.5) is 5.82 Å². The van der Waals surface area contributed by atoms with Crippen LogP contribution in [0, 0.1) is 17.8 Å². The number of nitrogens with zero attached hydrogens (tertiary/aromatic N) is 5. The van der Waals surface area contributed by atoms with Gasteiger partial charge < -0.3 is 117 Å². The van der Waals surface area contributed by atoms with E-state index in [1.165, 1.54) is 45.1 Å². The number of pyridine rings is 1. The molecule has 0 bridgehead atoms. The van der Waals surface area contributed by atoms with Gasteiger partial charge in [0.2, 0.25) is 35.2 Å². The Labute approximate surface area is 710 Å². The summed E-state index contributed by atoms with van der Waals surface area (Å²) in [5.41, 5.74) is 2.25. The molecule has 3 aliphatic rings. The van der Waals surface area contributed by atoms with Gasteiger partial charge in [-0.25, -0.2) is 19.7 Å². The van der Waals surface area contributed by atoms with E-state index in [4.69, 9.17) is 96.4 Å². The molecule has 1 aliphatic carbocycles. The number of nitrogens with one attached hydrogen (secondary N) is 3. The van der Waals surface area contributed by atoms with Gasteiger partial charge in [-0.05, 0) is 107 Å². The highest BCUT2D eigenvalue weighted by atomic mass is 32.2. The lowest BCUT2D eigenvalue weighted by Crippen LogP contribution is -2.46. The third-order valence-corrected chi connectivity index (χ3v) is 20.7. The Morgan fingerprint density at radius 3 is 1.62 bits per heavy atom. The second-order valence-corrected chi connectivity index (χ2v) is 30.0. The van der Waals surface area contributed by atoms with Gasteiger partial charge in [-0.15, -0.1) is 11.8 Å². The Hall–Kier alpha value is -8.26. The van der Waals surface area contributed by atoms with Crippen LogP contribution in [0.3, 0.4) is 0 Å². The van der Waals surface area contributed by atoms with E-state index in [-0.39, 0.29) is 170 Å². The molecule has 39 heteroatoms. The van der Waals surface area contributed by atoms with E-state index < -0.39 is 84.4 Å². The molecule has 1 saturated carbocycles. The third-order valence-electron chi connectivity index (χ3n) is 19.5. The maximum atomic E-state index is 13.3. The fourth-order valence-electron chi connectivity index (χ4n) is 12.2. The van der Waals surface area contributed by atoms with Gasteiger partial charge in [-0.2, -0.15) is 0 Å². The summed E-state index contributed by atoms with van der Waals surface area (Å²) in [4.78, 5) is 139. The average molecular weight is 1740 g/mol. The number of carbonyl (C=O) groups excluding carboxylic acids is 9. The Morgan fingerprint density at radius 2 is 1.14 bits per heavy atom. The van der Waals surface area contributed by atoms with Crippen molar-refractivity contribution in [3.8, 4) is 17.1 Å². The number of imide groups is 1. The summed E-state index contributed by atoms with van der Waals surface area (Å²) in [6.45, 7) is 13.2. The normalized spacial score (nSPS) is 17.5. The van der Waals surface area contributed by atoms with Gasteiger partial charge in [0.25, 0.3) is 0 Å². The number of likely N-dealkylation sites (tertiary alicyclic amines) is 1. The highest BCUT2D eigenvalue weighted by Crippen LogP contribution is 2.36. The van der Waals surface area contributed by atoms with E-state index in [0.29, 0.717) is 111 Å². The van der Waals surface area contributed by atoms with E-state index in [2.05, 4.69) is 25.8 Å². The smallest absolute Gasteiger partial charge is 0.334 e. The first kappa shape index (κ1) is 105. The highest BCUT2D eigenvalue weighted by molar-refractivity contribution is 8.00. The van der Waals surface area contributed by atoms with Crippen molar-refractivity contribution >= 4 is 99.2 Å². The number of aliphatic hydroxyl groups excluding tert-OH is 5. The number of ether oxygens (including phenoxy) is 13. The first-order valence-corrected chi connectivity index (χ1v) is 42.2. The monoisotopic (exact) mass is 1740 g/mol. The van der Waals surface area contributed by atoms with Crippen LogP contribution >= 0.6 is 11.8 Å². The molecule has 682 valence electrons. The lowest BCUT2D eigenvalue weighted by Gasteiger charge is -2.29. The number of furan rings is 1. The van der Waals surface area contributed by atoms with Gasteiger partial charge in [0.05, 0.1) is 81.3 Å². The molecular weight excluding hydrogens is 1610 g/mol. The molecule has 5 heterocycles. The molecule has 0 spiro atoms. The van der Waals surface area contributed by atoms with Gasteiger partial charge >= 0.3 is 29.8 Å². The van der Waals surface area contributed by atoms with E-state index in [1.807, 2.05) is 45.9 Å². The molecule has 38 nitrogen and oxygen atoms in total. The second-order valence-electron chi connectivity index (χ2n) is 28.7. The number of fused-ring (bicyclic) bond motifs is 3. The standard InChI is InChI=1S/C36H45N5O10.C27H45N3O9S.C12H22O7.C7H16O4/c1-5-24(20-42)49-29(46-4)21-48-28(44)13-7-12-27(43)38-30(22(2)3)36(45)50-25-10-6-9-23(19-25)33-39-31-26-11-8-14-37-35(26)51-32(31)34(40-33)41-15-17-47-18-16-41;1-4-20(16-31)39-25(37-3)17-38-24(34)7-5-6-22(32)29-12-13-40-21-14-23(33)30(27(21)36)15-18-8-10-19(11-9-18)26(35)28-2;1-3-9(7-13)19-12(17-2)8-18-11(16)6-4-5-10(14)15;1-3-6(4-8)11-7(5-9)10-2/h6,8-11,14,19,22,24,29-30,42H,5,7,12-13,15-18,20-21H2,1-4H3,(H,38,43);18-21,25,31H,4-17H2,1-3H3,(H,28,35)(H,29,32);9,12-13H,3-8H2,1-2H3,(H,14,15);6-9H,3-5H2,1-2H3/t24?,29?,30-;;;/m0.../s1. The molecule has 2 aliphatic heterocycles. The number of carboxylic acid groups (broad SMARTS) is 1. The SMILES string of the molecule is CCC(CO)OC(CO)OC.CCC(CO)OC(COC(=O)CCCC(=O)NCCSC1CC(=O)N(CC2CCC(C(=O)NC)CC2)C1=O)OC.CCC(CO)OC(COC(=O)CCCC(=O)N[C@H](C(=O)Oc1cccc(-c2nc(N3CCOCC3)c3oc4ncccc4c3n2)c1)C(C)C)OC.CCC(CO)OC(COC(=O)CCCC(=O)O)OC. The van der Waals surface area contributed by atoms with Crippen molar-refractivity contribution in [3.05, 3.63) is 42.6 Å². The largest absolute Gasteiger partial charge is 0.481 e. The molecule has 3 aromatic heterocycles. The van der Waals surface area contributed by atoms with Gasteiger partial charge in [0, 0.05) is 130 Å². The fraction of sp³-hybridized carbons (Fsp3) is 0.695. The number of rotatable bonds is 52. The summed E-state index contributed by atoms with van der Waals surface area (Å²) >= 11 is 1.37. The number of carboxylic acids is 1. The minimum atomic E-state index is -0.945. The summed E-state index contributed by atoms with van der Waals surface area (Å²) in [6.07, 6.45) is 4.06. The molecular formula is C82H128N8O30S. The molecule has 9 N–H and O–H groups in total. The Morgan fingerprint density at radius 1 is 0.628 bits per heavy atom. The lowest BCUT2D eigenvalue weighted by molar-refractivity contribution is -0.194. The number of benzene rings is 1. The van der Waals surface area contributed by atoms with Crippen molar-refractivity contribution in [1.29, 1.82) is 0 Å². The molecule has 121 heavy (non-hydrogen) atoms. The summed E-state index contributed by atoms with van der Waals surface area (Å²) in [5, 5.41) is 61.8. The molecule has 3 fully saturated rings. The zero-order chi connectivity index (χ0) is 89.2. The van der Waals surface area contributed by atoms with E-state index in [0.717, 1.165) is 31.1 Å². The van der Waals surface area contributed by atoms with Gasteiger partial charge in [0.1, 0.15) is 37.1 Å². The molecule has 10 atom stereocenters. The quantitative estimate of drug-likeness (QED) is 0.00696. The minimum Gasteiger partial charge on any atom is -0.481 e. The predicted molar refractivity (Wildman–Crippen MR) is 439 cm³/mol. The molecule has 1 aromatic carbocycles. The number of aliphatic carboxylic acids is 1. The van der Waals surface area contributed by atoms with E-state index in [1.54, 1.807) is 45.3 Å². The van der Waals surface area contributed by atoms with Crippen LogP contribution in [0.1, 0.15) is 157 Å². The summed E-state index contributed by atoms with van der Waals surface area (Å²) in [7, 11) is 7.33. The zero-order valence-electron chi connectivity index (χ0n) is 71.5. The van der Waals surface area contributed by atoms with Crippen LogP contribution in [-0.4, -0.2) is 304 Å². The topological polar surface area (TPSA) is 506 Å². The van der Waals surface area contributed by atoms with Crippen LogP contribution in [0.2, 0.25) is 0 Å². The number of methoxy groups -OCH3 is 4. The van der Waals surface area contributed by atoms with Crippen molar-refractivity contribution < 1.29 is 145 Å². The zero-order valence-corrected chi connectivity index (χ0v) is 72.3. The van der Waals surface area contributed by atoms with E-state index >= 15 is 0 Å². The molecule has 2 saturated heterocycles. The Bertz CT molecular complexity index is 3710. The van der Waals surface area contributed by atoms with Crippen LogP contribution in [0.25, 0.3) is 33.6 Å². The Kier molecular flexibility index (Phi) is 51.7. The first-order chi connectivity index (χ1) is 58.2. The van der Waals surface area contributed by atoms with Crippen LogP contribution in [0.5, 0.6) is 5.75 Å². The van der Waals surface area contributed by atoms with Crippen LogP contribution < -0.4 is 25.6 Å². The number of hydrogen-bond acceptors (Lipinski definition) is 34.